The van der Waals surface area contributed by atoms with Gasteiger partial charge in [0.1, 0.15) is 6.04 Å². The fraction of sp³-hybridized carbons (Fsp3) is 0.750. The first-order valence-electron chi connectivity index (χ1n) is 4.11. The largest absolute Gasteiger partial charge is 0.467 e. The highest BCUT2D eigenvalue weighted by Crippen LogP contribution is 2.06. The van der Waals surface area contributed by atoms with Gasteiger partial charge in [0, 0.05) is 6.42 Å². The summed E-state index contributed by atoms with van der Waals surface area (Å²) in [6.45, 7) is 4.00. The van der Waals surface area contributed by atoms with Crippen molar-refractivity contribution in [1.29, 1.82) is 0 Å². The molecular weight excluding hydrogens is 158 g/mol. The van der Waals surface area contributed by atoms with Crippen LogP contribution in [-0.2, 0) is 14.3 Å². The van der Waals surface area contributed by atoms with E-state index in [1.54, 1.807) is 0 Å². The molecule has 1 fully saturated rings. The molecule has 4 heteroatoms. The summed E-state index contributed by atoms with van der Waals surface area (Å²) < 4.78 is 4.43. The molecule has 1 atom stereocenters. The quantitative estimate of drug-likeness (QED) is 0.586. The van der Waals surface area contributed by atoms with E-state index in [0.29, 0.717) is 12.8 Å². The van der Waals surface area contributed by atoms with E-state index >= 15 is 0 Å². The van der Waals surface area contributed by atoms with E-state index in [9.17, 15) is 9.59 Å². The highest BCUT2D eigenvalue weighted by molar-refractivity contribution is 5.87. The SMILES string of the molecule is CC.COC(=O)C1CCC(=O)N1. The van der Waals surface area contributed by atoms with Crippen LogP contribution in [0, 0.1) is 0 Å². The maximum absolute atomic E-state index is 10.7. The van der Waals surface area contributed by atoms with E-state index in [4.69, 9.17) is 0 Å². The molecule has 1 heterocycles. The van der Waals surface area contributed by atoms with Crippen LogP contribution in [0.1, 0.15) is 26.7 Å². The van der Waals surface area contributed by atoms with Crippen LogP contribution in [-0.4, -0.2) is 25.0 Å². The van der Waals surface area contributed by atoms with Gasteiger partial charge in [-0.3, -0.25) is 4.79 Å². The predicted molar refractivity (Wildman–Crippen MR) is 44.5 cm³/mol. The first-order chi connectivity index (χ1) is 5.74. The van der Waals surface area contributed by atoms with Crippen LogP contribution in [0.2, 0.25) is 0 Å². The number of amides is 1. The predicted octanol–water partition coefficient (Wildman–Crippen LogP) is 0.464. The van der Waals surface area contributed by atoms with E-state index in [1.165, 1.54) is 7.11 Å². The van der Waals surface area contributed by atoms with Crippen molar-refractivity contribution in [3.05, 3.63) is 0 Å². The molecule has 1 N–H and O–H groups in total. The first kappa shape index (κ1) is 10.9. The summed E-state index contributed by atoms with van der Waals surface area (Å²) in [6.07, 6.45) is 0.991. The van der Waals surface area contributed by atoms with E-state index < -0.39 is 6.04 Å². The molecule has 0 aliphatic carbocycles. The molecule has 4 nitrogen and oxygen atoms in total. The van der Waals surface area contributed by atoms with Crippen molar-refractivity contribution in [2.45, 2.75) is 32.7 Å². The molecule has 1 aliphatic heterocycles. The lowest BCUT2D eigenvalue weighted by atomic mass is 10.2. The van der Waals surface area contributed by atoms with Gasteiger partial charge in [-0.05, 0) is 6.42 Å². The molecule has 12 heavy (non-hydrogen) atoms. The Labute approximate surface area is 72.3 Å². The molecule has 1 rings (SSSR count). The number of hydrogen-bond acceptors (Lipinski definition) is 3. The fourth-order valence-corrected chi connectivity index (χ4v) is 0.933. The van der Waals surface area contributed by atoms with Crippen molar-refractivity contribution in [3.8, 4) is 0 Å². The minimum atomic E-state index is -0.405. The van der Waals surface area contributed by atoms with Crippen molar-refractivity contribution >= 4 is 11.9 Å². The summed E-state index contributed by atoms with van der Waals surface area (Å²) in [5.74, 6) is -0.429. The van der Waals surface area contributed by atoms with Crippen LogP contribution in [0.3, 0.4) is 0 Å². The number of carbonyl (C=O) groups excluding carboxylic acids is 2. The molecular formula is C8H15NO3. The molecule has 1 unspecified atom stereocenters. The topological polar surface area (TPSA) is 55.4 Å². The summed E-state index contributed by atoms with van der Waals surface area (Å²) in [5, 5.41) is 2.49. The van der Waals surface area contributed by atoms with E-state index in [1.807, 2.05) is 13.8 Å². The Hall–Kier alpha value is -1.06. The first-order valence-corrected chi connectivity index (χ1v) is 4.11. The molecule has 0 saturated carbocycles. The summed E-state index contributed by atoms with van der Waals surface area (Å²) in [4.78, 5) is 21.3. The number of carbonyl (C=O) groups is 2. The Kier molecular flexibility index (Phi) is 5.08. The van der Waals surface area contributed by atoms with Crippen molar-refractivity contribution in [2.75, 3.05) is 7.11 Å². The molecule has 0 spiro atoms. The summed E-state index contributed by atoms with van der Waals surface area (Å²) in [7, 11) is 1.31. The number of methoxy groups -OCH3 is 1. The van der Waals surface area contributed by atoms with Crippen LogP contribution in [0.5, 0.6) is 0 Å². The highest BCUT2D eigenvalue weighted by atomic mass is 16.5. The highest BCUT2D eigenvalue weighted by Gasteiger charge is 2.27. The van der Waals surface area contributed by atoms with E-state index in [-0.39, 0.29) is 11.9 Å². The second-order valence-electron chi connectivity index (χ2n) is 2.18. The van der Waals surface area contributed by atoms with Crippen LogP contribution in [0.4, 0.5) is 0 Å². The van der Waals surface area contributed by atoms with Gasteiger partial charge < -0.3 is 10.1 Å². The van der Waals surface area contributed by atoms with Gasteiger partial charge in [-0.15, -0.1) is 0 Å². The number of nitrogens with one attached hydrogen (secondary N) is 1. The molecule has 0 radical (unpaired) electrons. The van der Waals surface area contributed by atoms with Crippen molar-refractivity contribution in [2.24, 2.45) is 0 Å². The molecule has 0 aromatic carbocycles. The van der Waals surface area contributed by atoms with Gasteiger partial charge in [0.2, 0.25) is 5.91 Å². The van der Waals surface area contributed by atoms with Crippen molar-refractivity contribution < 1.29 is 14.3 Å². The third-order valence-corrected chi connectivity index (χ3v) is 1.48. The van der Waals surface area contributed by atoms with Gasteiger partial charge in [0.15, 0.2) is 0 Å². The zero-order valence-electron chi connectivity index (χ0n) is 7.72. The Morgan fingerprint density at radius 3 is 2.50 bits per heavy atom. The Bertz CT molecular complexity index is 168. The van der Waals surface area contributed by atoms with Crippen molar-refractivity contribution in [1.82, 2.24) is 5.32 Å². The van der Waals surface area contributed by atoms with Gasteiger partial charge in [0.25, 0.3) is 0 Å². The number of hydrogen-bond donors (Lipinski definition) is 1. The summed E-state index contributed by atoms with van der Waals surface area (Å²) in [6, 6.07) is -0.405. The van der Waals surface area contributed by atoms with Crippen molar-refractivity contribution in [3.63, 3.8) is 0 Å². The van der Waals surface area contributed by atoms with Gasteiger partial charge in [-0.25, -0.2) is 4.79 Å². The number of ether oxygens (including phenoxy) is 1. The van der Waals surface area contributed by atoms with E-state index in [2.05, 4.69) is 10.1 Å². The Morgan fingerprint density at radius 1 is 1.58 bits per heavy atom. The minimum Gasteiger partial charge on any atom is -0.467 e. The second-order valence-corrected chi connectivity index (χ2v) is 2.18. The Balaban J connectivity index is 0.000000561. The van der Waals surface area contributed by atoms with Crippen LogP contribution >= 0.6 is 0 Å². The van der Waals surface area contributed by atoms with Crippen LogP contribution in [0.25, 0.3) is 0 Å². The lowest BCUT2D eigenvalue weighted by Crippen LogP contribution is -2.33. The third kappa shape index (κ3) is 2.90. The molecule has 70 valence electrons. The second kappa shape index (κ2) is 5.57. The number of rotatable bonds is 1. The zero-order chi connectivity index (χ0) is 9.56. The molecule has 0 bridgehead atoms. The van der Waals surface area contributed by atoms with Gasteiger partial charge in [-0.2, -0.15) is 0 Å². The normalized spacial score (nSPS) is 20.6. The van der Waals surface area contributed by atoms with Gasteiger partial charge in [-0.1, -0.05) is 13.8 Å². The maximum atomic E-state index is 10.7. The zero-order valence-corrected chi connectivity index (χ0v) is 7.72. The molecule has 0 aromatic heterocycles. The lowest BCUT2D eigenvalue weighted by molar-refractivity contribution is -0.143. The number of esters is 1. The molecule has 0 aromatic rings. The smallest absolute Gasteiger partial charge is 0.328 e. The Morgan fingerprint density at radius 2 is 2.17 bits per heavy atom. The summed E-state index contributed by atoms with van der Waals surface area (Å²) in [5.41, 5.74) is 0. The maximum Gasteiger partial charge on any atom is 0.328 e. The summed E-state index contributed by atoms with van der Waals surface area (Å²) >= 11 is 0. The molecule has 1 aliphatic rings. The fourth-order valence-electron chi connectivity index (χ4n) is 0.933. The monoisotopic (exact) mass is 173 g/mol. The lowest BCUT2D eigenvalue weighted by Gasteiger charge is -2.04. The minimum absolute atomic E-state index is 0.0737. The van der Waals surface area contributed by atoms with Gasteiger partial charge in [0.05, 0.1) is 7.11 Å². The van der Waals surface area contributed by atoms with Gasteiger partial charge >= 0.3 is 5.97 Å². The standard InChI is InChI=1S/C6H9NO3.C2H6/c1-10-6(9)4-2-3-5(8)7-4;1-2/h4H,2-3H2,1H3,(H,7,8);1-2H3. The van der Waals surface area contributed by atoms with Crippen LogP contribution in [0.15, 0.2) is 0 Å². The average molecular weight is 173 g/mol. The van der Waals surface area contributed by atoms with Crippen LogP contribution < -0.4 is 5.32 Å². The molecule has 1 saturated heterocycles. The average Bonchev–Trinajstić information content (AvgIpc) is 2.54. The third-order valence-electron chi connectivity index (χ3n) is 1.48. The van der Waals surface area contributed by atoms with E-state index in [0.717, 1.165) is 0 Å². The molecule has 1 amide bonds.